The highest BCUT2D eigenvalue weighted by atomic mass is 79.9. The Morgan fingerprint density at radius 3 is 2.59 bits per heavy atom. The van der Waals surface area contributed by atoms with Crippen molar-refractivity contribution in [3.63, 3.8) is 0 Å². The van der Waals surface area contributed by atoms with Crippen LogP contribution in [0.25, 0.3) is 10.9 Å². The second kappa shape index (κ2) is 11.1. The molecule has 34 heavy (non-hydrogen) atoms. The van der Waals surface area contributed by atoms with E-state index in [4.69, 9.17) is 14.2 Å². The summed E-state index contributed by atoms with van der Waals surface area (Å²) in [6, 6.07) is 8.88. The van der Waals surface area contributed by atoms with Crippen LogP contribution in [0.1, 0.15) is 45.0 Å². The van der Waals surface area contributed by atoms with Crippen LogP contribution in [-0.2, 0) is 9.53 Å². The summed E-state index contributed by atoms with van der Waals surface area (Å²) >= 11 is 6.89. The number of ether oxygens (including phenoxy) is 3. The summed E-state index contributed by atoms with van der Waals surface area (Å²) < 4.78 is 18.9. The van der Waals surface area contributed by atoms with Crippen LogP contribution in [0.2, 0.25) is 0 Å². The van der Waals surface area contributed by atoms with E-state index in [9.17, 15) is 9.59 Å². The van der Waals surface area contributed by atoms with E-state index in [0.717, 1.165) is 4.47 Å². The maximum absolute atomic E-state index is 13.2. The summed E-state index contributed by atoms with van der Waals surface area (Å²) in [5.41, 5.74) is 1.01. The quantitative estimate of drug-likeness (QED) is 0.261. The molecule has 0 fully saturated rings. The molecule has 0 saturated heterocycles. The maximum atomic E-state index is 13.2. The third-order valence-corrected chi connectivity index (χ3v) is 5.91. The second-order valence-electron chi connectivity index (χ2n) is 7.69. The maximum Gasteiger partial charge on any atom is 0.346 e. The second-order valence-corrected chi connectivity index (χ2v) is 9.46. The van der Waals surface area contributed by atoms with E-state index < -0.39 is 12.1 Å². The Labute approximate surface area is 214 Å². The fourth-order valence-corrected chi connectivity index (χ4v) is 4.12. The van der Waals surface area contributed by atoms with Crippen LogP contribution in [0, 0.1) is 0 Å². The number of benzene rings is 2. The molecule has 0 amide bonds. The summed E-state index contributed by atoms with van der Waals surface area (Å²) in [5, 5.41) is 4.93. The van der Waals surface area contributed by atoms with Gasteiger partial charge in [0.1, 0.15) is 5.82 Å². The fraction of sp³-hybridized carbons (Fsp3) is 0.333. The number of esters is 1. The van der Waals surface area contributed by atoms with Crippen molar-refractivity contribution < 1.29 is 19.0 Å². The van der Waals surface area contributed by atoms with E-state index in [1.165, 1.54) is 11.8 Å². The Morgan fingerprint density at radius 1 is 1.21 bits per heavy atom. The molecule has 0 radical (unpaired) electrons. The van der Waals surface area contributed by atoms with Crippen molar-refractivity contribution in [3.8, 4) is 11.5 Å². The van der Waals surface area contributed by atoms with Gasteiger partial charge in [-0.3, -0.25) is 4.79 Å². The van der Waals surface area contributed by atoms with Gasteiger partial charge < -0.3 is 14.2 Å². The van der Waals surface area contributed by atoms with E-state index in [0.29, 0.717) is 44.9 Å². The minimum atomic E-state index is -0.824. The number of aromatic nitrogens is 2. The SMILES string of the molecule is CCOc1cc(C=Nn2c(C(C)C)nc3ccc(Br)cc3c2=O)cc(Br)c1O[C@@H](C)C(=O)OC. The Kier molecular flexibility index (Phi) is 8.48. The molecule has 1 heterocycles. The van der Waals surface area contributed by atoms with Crippen LogP contribution >= 0.6 is 31.9 Å². The first-order chi connectivity index (χ1) is 16.2. The smallest absolute Gasteiger partial charge is 0.346 e. The van der Waals surface area contributed by atoms with Gasteiger partial charge in [0.05, 0.1) is 35.3 Å². The summed E-state index contributed by atoms with van der Waals surface area (Å²) in [5.74, 6) is 0.808. The van der Waals surface area contributed by atoms with E-state index in [2.05, 4.69) is 41.9 Å². The molecule has 2 aromatic carbocycles. The topological polar surface area (TPSA) is 92.0 Å². The summed E-state index contributed by atoms with van der Waals surface area (Å²) in [6.45, 7) is 7.73. The van der Waals surface area contributed by atoms with Gasteiger partial charge >= 0.3 is 5.97 Å². The van der Waals surface area contributed by atoms with E-state index in [1.807, 2.05) is 26.8 Å². The first-order valence-corrected chi connectivity index (χ1v) is 12.2. The molecule has 0 spiro atoms. The predicted molar refractivity (Wildman–Crippen MR) is 138 cm³/mol. The van der Waals surface area contributed by atoms with Crippen molar-refractivity contribution in [2.45, 2.75) is 39.7 Å². The molecule has 0 saturated carbocycles. The van der Waals surface area contributed by atoms with Gasteiger partial charge in [-0.15, -0.1) is 0 Å². The number of hydrogen-bond acceptors (Lipinski definition) is 7. The number of methoxy groups -OCH3 is 1. The van der Waals surface area contributed by atoms with Gasteiger partial charge in [-0.1, -0.05) is 29.8 Å². The number of halogens is 2. The summed E-state index contributed by atoms with van der Waals surface area (Å²) in [4.78, 5) is 29.7. The molecule has 0 aliphatic heterocycles. The van der Waals surface area contributed by atoms with Crippen molar-refractivity contribution in [1.82, 2.24) is 9.66 Å². The van der Waals surface area contributed by atoms with Crippen LogP contribution in [0.4, 0.5) is 0 Å². The van der Waals surface area contributed by atoms with E-state index in [-0.39, 0.29) is 11.5 Å². The average Bonchev–Trinajstić information content (AvgIpc) is 2.80. The molecule has 8 nitrogen and oxygen atoms in total. The highest BCUT2D eigenvalue weighted by Gasteiger charge is 2.20. The molecule has 1 atom stereocenters. The highest BCUT2D eigenvalue weighted by molar-refractivity contribution is 9.10. The lowest BCUT2D eigenvalue weighted by Gasteiger charge is -2.18. The van der Waals surface area contributed by atoms with Gasteiger partial charge in [0.2, 0.25) is 0 Å². The number of hydrogen-bond donors (Lipinski definition) is 0. The number of rotatable bonds is 8. The van der Waals surface area contributed by atoms with Gasteiger partial charge in [-0.05, 0) is 65.7 Å². The number of nitrogens with zero attached hydrogens (tertiary/aromatic N) is 3. The van der Waals surface area contributed by atoms with Gasteiger partial charge in [0.15, 0.2) is 17.6 Å². The Hall–Kier alpha value is -2.72. The zero-order valence-electron chi connectivity index (χ0n) is 19.5. The van der Waals surface area contributed by atoms with E-state index >= 15 is 0 Å². The zero-order valence-corrected chi connectivity index (χ0v) is 22.6. The van der Waals surface area contributed by atoms with Gasteiger partial charge in [0, 0.05) is 10.4 Å². The number of fused-ring (bicyclic) bond motifs is 1. The lowest BCUT2D eigenvalue weighted by molar-refractivity contribution is -0.147. The standard InChI is InChI=1S/C24H25Br2N3O5/c1-6-33-20-10-15(9-18(26)21(20)34-14(4)24(31)32-5)12-27-29-22(13(2)3)28-19-8-7-16(25)11-17(19)23(29)30/h7-14H,6H2,1-5H3/t14-/m0/s1. The largest absolute Gasteiger partial charge is 0.490 e. The van der Waals surface area contributed by atoms with Crippen LogP contribution < -0.4 is 15.0 Å². The first-order valence-electron chi connectivity index (χ1n) is 10.6. The molecule has 0 aliphatic carbocycles. The van der Waals surface area contributed by atoms with Crippen molar-refractivity contribution in [2.24, 2.45) is 5.10 Å². The molecule has 3 rings (SSSR count). The van der Waals surface area contributed by atoms with Crippen molar-refractivity contribution >= 4 is 54.9 Å². The molecule has 180 valence electrons. The van der Waals surface area contributed by atoms with Crippen LogP contribution in [0.5, 0.6) is 11.5 Å². The lowest BCUT2D eigenvalue weighted by Crippen LogP contribution is -2.25. The highest BCUT2D eigenvalue weighted by Crippen LogP contribution is 2.37. The fourth-order valence-electron chi connectivity index (χ4n) is 3.21. The summed E-state index contributed by atoms with van der Waals surface area (Å²) in [7, 11) is 1.30. The molecule has 0 aliphatic rings. The van der Waals surface area contributed by atoms with Crippen molar-refractivity contribution in [2.75, 3.05) is 13.7 Å². The molecule has 1 aromatic heterocycles. The van der Waals surface area contributed by atoms with Crippen molar-refractivity contribution in [3.05, 3.63) is 61.0 Å². The minimum absolute atomic E-state index is 0.0285. The molecule has 0 unspecified atom stereocenters. The molecule has 3 aromatic rings. The third kappa shape index (κ3) is 5.67. The molecular weight excluding hydrogens is 570 g/mol. The lowest BCUT2D eigenvalue weighted by atomic mass is 10.2. The normalized spacial score (nSPS) is 12.4. The predicted octanol–water partition coefficient (Wildman–Crippen LogP) is 5.27. The Balaban J connectivity index is 2.07. The molecular formula is C24H25Br2N3O5. The Bertz CT molecular complexity index is 1300. The van der Waals surface area contributed by atoms with Crippen LogP contribution in [0.15, 0.2) is 49.2 Å². The molecule has 10 heteroatoms. The molecule has 0 N–H and O–H groups in total. The van der Waals surface area contributed by atoms with Crippen LogP contribution in [-0.4, -0.2) is 41.7 Å². The third-order valence-electron chi connectivity index (χ3n) is 4.83. The van der Waals surface area contributed by atoms with Gasteiger partial charge in [0.25, 0.3) is 5.56 Å². The first kappa shape index (κ1) is 25.9. The van der Waals surface area contributed by atoms with Crippen molar-refractivity contribution in [1.29, 1.82) is 0 Å². The van der Waals surface area contributed by atoms with Gasteiger partial charge in [-0.25, -0.2) is 9.78 Å². The van der Waals surface area contributed by atoms with Gasteiger partial charge in [-0.2, -0.15) is 9.78 Å². The van der Waals surface area contributed by atoms with Crippen LogP contribution in [0.3, 0.4) is 0 Å². The monoisotopic (exact) mass is 593 g/mol. The van der Waals surface area contributed by atoms with E-state index in [1.54, 1.807) is 37.4 Å². The summed E-state index contributed by atoms with van der Waals surface area (Å²) in [6.07, 6.45) is 0.731. The average molecular weight is 595 g/mol. The Morgan fingerprint density at radius 2 is 1.94 bits per heavy atom. The zero-order chi connectivity index (χ0) is 25.0. The number of carbonyl (C=O) groups excluding carboxylic acids is 1. The minimum Gasteiger partial charge on any atom is -0.490 e. The molecule has 0 bridgehead atoms. The number of carbonyl (C=O) groups is 1.